The topological polar surface area (TPSA) is 39.2 Å². The van der Waals surface area contributed by atoms with Gasteiger partial charge in [-0.2, -0.15) is 0 Å². The van der Waals surface area contributed by atoms with E-state index in [1.54, 1.807) is 7.11 Å². The van der Waals surface area contributed by atoms with Gasteiger partial charge in [-0.05, 0) is 50.5 Å². The standard InChI is InChI=1S/C16H17NO2/c1-11-4-5-12-10-13(6-7-14(12)17-11)15(18)16(19-2)8-3-9-16/h4-7,10H,3,8-9H2,1-2H3. The first-order valence-corrected chi connectivity index (χ1v) is 6.62. The molecule has 0 radical (unpaired) electrons. The Morgan fingerprint density at radius 3 is 2.68 bits per heavy atom. The van der Waals surface area contributed by atoms with Crippen molar-refractivity contribution in [3.63, 3.8) is 0 Å². The van der Waals surface area contributed by atoms with E-state index in [2.05, 4.69) is 4.98 Å². The summed E-state index contributed by atoms with van der Waals surface area (Å²) in [6, 6.07) is 9.66. The number of nitrogens with zero attached hydrogens (tertiary/aromatic N) is 1. The van der Waals surface area contributed by atoms with Gasteiger partial charge in [-0.25, -0.2) is 0 Å². The fourth-order valence-corrected chi connectivity index (χ4v) is 2.65. The highest BCUT2D eigenvalue weighted by Gasteiger charge is 2.44. The van der Waals surface area contributed by atoms with Crippen LogP contribution in [0.25, 0.3) is 10.9 Å². The zero-order chi connectivity index (χ0) is 13.5. The van der Waals surface area contributed by atoms with Gasteiger partial charge in [0.2, 0.25) is 0 Å². The molecule has 1 aliphatic carbocycles. The Bertz CT molecular complexity index is 639. The lowest BCUT2D eigenvalue weighted by atomic mass is 9.74. The summed E-state index contributed by atoms with van der Waals surface area (Å²) in [5.41, 5.74) is 2.06. The zero-order valence-corrected chi connectivity index (χ0v) is 11.3. The van der Waals surface area contributed by atoms with Gasteiger partial charge < -0.3 is 4.74 Å². The third kappa shape index (κ3) is 1.94. The summed E-state index contributed by atoms with van der Waals surface area (Å²) < 4.78 is 5.46. The van der Waals surface area contributed by atoms with Gasteiger partial charge in [0.05, 0.1) is 5.52 Å². The Balaban J connectivity index is 2.01. The van der Waals surface area contributed by atoms with Gasteiger partial charge in [0, 0.05) is 23.8 Å². The van der Waals surface area contributed by atoms with E-state index in [0.717, 1.165) is 41.4 Å². The van der Waals surface area contributed by atoms with Crippen LogP contribution in [0.15, 0.2) is 30.3 Å². The van der Waals surface area contributed by atoms with Gasteiger partial charge in [0.1, 0.15) is 5.60 Å². The van der Waals surface area contributed by atoms with Crippen molar-refractivity contribution >= 4 is 16.7 Å². The van der Waals surface area contributed by atoms with Gasteiger partial charge in [-0.1, -0.05) is 6.07 Å². The molecular weight excluding hydrogens is 238 g/mol. The van der Waals surface area contributed by atoms with Gasteiger partial charge >= 0.3 is 0 Å². The third-order valence-electron chi connectivity index (χ3n) is 4.06. The van der Waals surface area contributed by atoms with E-state index < -0.39 is 5.60 Å². The predicted molar refractivity (Wildman–Crippen MR) is 74.4 cm³/mol. The summed E-state index contributed by atoms with van der Waals surface area (Å²) in [5, 5.41) is 1.00. The average Bonchev–Trinajstić information content (AvgIpc) is 2.37. The monoisotopic (exact) mass is 255 g/mol. The van der Waals surface area contributed by atoms with E-state index in [1.165, 1.54) is 0 Å². The van der Waals surface area contributed by atoms with Crippen LogP contribution in [0.1, 0.15) is 35.3 Å². The fourth-order valence-electron chi connectivity index (χ4n) is 2.65. The van der Waals surface area contributed by atoms with Crippen LogP contribution in [0, 0.1) is 6.92 Å². The molecule has 19 heavy (non-hydrogen) atoms. The van der Waals surface area contributed by atoms with Crippen molar-refractivity contribution in [3.8, 4) is 0 Å². The number of pyridine rings is 1. The van der Waals surface area contributed by atoms with Crippen LogP contribution >= 0.6 is 0 Å². The van der Waals surface area contributed by atoms with E-state index in [1.807, 2.05) is 37.3 Å². The molecule has 1 aromatic carbocycles. The van der Waals surface area contributed by atoms with E-state index in [4.69, 9.17) is 4.74 Å². The lowest BCUT2D eigenvalue weighted by molar-refractivity contribution is -0.0448. The van der Waals surface area contributed by atoms with Crippen LogP contribution in [-0.2, 0) is 4.74 Å². The maximum Gasteiger partial charge on any atom is 0.194 e. The number of ether oxygens (including phenoxy) is 1. The number of carbonyl (C=O) groups is 1. The Kier molecular flexibility index (Phi) is 2.86. The minimum Gasteiger partial charge on any atom is -0.370 e. The second-order valence-electron chi connectivity index (χ2n) is 5.24. The van der Waals surface area contributed by atoms with E-state index in [-0.39, 0.29) is 5.78 Å². The first-order chi connectivity index (χ1) is 9.14. The Morgan fingerprint density at radius 1 is 1.26 bits per heavy atom. The number of hydrogen-bond acceptors (Lipinski definition) is 3. The van der Waals surface area contributed by atoms with Crippen LogP contribution in [0.4, 0.5) is 0 Å². The number of hydrogen-bond donors (Lipinski definition) is 0. The zero-order valence-electron chi connectivity index (χ0n) is 11.3. The number of fused-ring (bicyclic) bond motifs is 1. The molecule has 0 bridgehead atoms. The number of ketones is 1. The van der Waals surface area contributed by atoms with Gasteiger partial charge in [-0.3, -0.25) is 9.78 Å². The largest absolute Gasteiger partial charge is 0.370 e. The summed E-state index contributed by atoms with van der Waals surface area (Å²) >= 11 is 0. The normalized spacial score (nSPS) is 17.2. The summed E-state index contributed by atoms with van der Waals surface area (Å²) in [6.45, 7) is 1.97. The Labute approximate surface area is 112 Å². The van der Waals surface area contributed by atoms with Crippen molar-refractivity contribution in [2.45, 2.75) is 31.8 Å². The van der Waals surface area contributed by atoms with Crippen LogP contribution < -0.4 is 0 Å². The molecule has 98 valence electrons. The molecule has 1 aliphatic rings. The molecule has 1 aromatic heterocycles. The van der Waals surface area contributed by atoms with Crippen LogP contribution in [0.2, 0.25) is 0 Å². The number of carbonyl (C=O) groups excluding carboxylic acids is 1. The Hall–Kier alpha value is -1.74. The molecule has 0 amide bonds. The number of aromatic nitrogens is 1. The van der Waals surface area contributed by atoms with Crippen LogP contribution in [0.5, 0.6) is 0 Å². The number of Topliss-reactive ketones (excluding diaryl/α,β-unsaturated/α-hetero) is 1. The summed E-state index contributed by atoms with van der Waals surface area (Å²) in [7, 11) is 1.63. The first kappa shape index (κ1) is 12.3. The van der Waals surface area contributed by atoms with Crippen molar-refractivity contribution in [2.24, 2.45) is 0 Å². The molecule has 0 spiro atoms. The van der Waals surface area contributed by atoms with Crippen LogP contribution in [0.3, 0.4) is 0 Å². The van der Waals surface area contributed by atoms with Crippen molar-refractivity contribution < 1.29 is 9.53 Å². The smallest absolute Gasteiger partial charge is 0.194 e. The molecule has 0 aliphatic heterocycles. The molecule has 0 unspecified atom stereocenters. The number of benzene rings is 1. The molecular formula is C16H17NO2. The van der Waals surface area contributed by atoms with Crippen LogP contribution in [-0.4, -0.2) is 23.5 Å². The molecule has 3 nitrogen and oxygen atoms in total. The van der Waals surface area contributed by atoms with Gasteiger partial charge in [0.15, 0.2) is 5.78 Å². The maximum absolute atomic E-state index is 12.5. The molecule has 3 heteroatoms. The summed E-state index contributed by atoms with van der Waals surface area (Å²) in [6.07, 6.45) is 2.72. The Morgan fingerprint density at radius 2 is 2.05 bits per heavy atom. The highest BCUT2D eigenvalue weighted by molar-refractivity contribution is 6.05. The SMILES string of the molecule is COC1(C(=O)c2ccc3nc(C)ccc3c2)CCC1. The molecule has 0 atom stereocenters. The fraction of sp³-hybridized carbons (Fsp3) is 0.375. The van der Waals surface area contributed by atoms with Gasteiger partial charge in [-0.15, -0.1) is 0 Å². The van der Waals surface area contributed by atoms with Crippen molar-refractivity contribution in [2.75, 3.05) is 7.11 Å². The maximum atomic E-state index is 12.5. The highest BCUT2D eigenvalue weighted by atomic mass is 16.5. The quantitative estimate of drug-likeness (QED) is 0.790. The molecule has 0 N–H and O–H groups in total. The summed E-state index contributed by atoms with van der Waals surface area (Å²) in [5.74, 6) is 0.101. The molecule has 2 aromatic rings. The molecule has 3 rings (SSSR count). The predicted octanol–water partition coefficient (Wildman–Crippen LogP) is 3.30. The first-order valence-electron chi connectivity index (χ1n) is 6.62. The number of rotatable bonds is 3. The van der Waals surface area contributed by atoms with E-state index in [0.29, 0.717) is 0 Å². The minimum absolute atomic E-state index is 0.101. The highest BCUT2D eigenvalue weighted by Crippen LogP contribution is 2.38. The van der Waals surface area contributed by atoms with E-state index in [9.17, 15) is 4.79 Å². The van der Waals surface area contributed by atoms with Crippen molar-refractivity contribution in [1.82, 2.24) is 4.98 Å². The third-order valence-corrected chi connectivity index (χ3v) is 4.06. The van der Waals surface area contributed by atoms with Gasteiger partial charge in [0.25, 0.3) is 0 Å². The van der Waals surface area contributed by atoms with Crippen molar-refractivity contribution in [3.05, 3.63) is 41.6 Å². The lowest BCUT2D eigenvalue weighted by Gasteiger charge is -2.38. The molecule has 1 saturated carbocycles. The second kappa shape index (κ2) is 4.42. The number of methoxy groups -OCH3 is 1. The van der Waals surface area contributed by atoms with Crippen molar-refractivity contribution in [1.29, 1.82) is 0 Å². The lowest BCUT2D eigenvalue weighted by Crippen LogP contribution is -2.47. The average molecular weight is 255 g/mol. The van der Waals surface area contributed by atoms with E-state index >= 15 is 0 Å². The summed E-state index contributed by atoms with van der Waals surface area (Å²) in [4.78, 5) is 17.0. The molecule has 1 heterocycles. The second-order valence-corrected chi connectivity index (χ2v) is 5.24. The number of aryl methyl sites for hydroxylation is 1. The molecule has 1 fully saturated rings. The minimum atomic E-state index is -0.578. The molecule has 0 saturated heterocycles.